The molecule has 0 radical (unpaired) electrons. The van der Waals surface area contributed by atoms with Gasteiger partial charge in [-0.25, -0.2) is 9.97 Å². The number of nitrogens with one attached hydrogen (secondary N) is 1. The van der Waals surface area contributed by atoms with E-state index >= 15 is 0 Å². The molecule has 142 valence electrons. The van der Waals surface area contributed by atoms with Crippen molar-refractivity contribution in [3.8, 4) is 22.6 Å². The van der Waals surface area contributed by atoms with Crippen molar-refractivity contribution in [3.63, 3.8) is 0 Å². The van der Waals surface area contributed by atoms with E-state index in [0.717, 1.165) is 53.5 Å². The predicted molar refractivity (Wildman–Crippen MR) is 114 cm³/mol. The number of halogens is 1. The van der Waals surface area contributed by atoms with Crippen molar-refractivity contribution in [2.24, 2.45) is 0 Å². The molecule has 4 rings (SSSR count). The van der Waals surface area contributed by atoms with Crippen LogP contribution in [0, 0.1) is 6.92 Å². The lowest BCUT2D eigenvalue weighted by Gasteiger charge is -2.07. The Morgan fingerprint density at radius 3 is 2.39 bits per heavy atom. The van der Waals surface area contributed by atoms with Crippen LogP contribution in [0.3, 0.4) is 0 Å². The second-order valence-electron chi connectivity index (χ2n) is 6.84. The van der Waals surface area contributed by atoms with Gasteiger partial charge in [0.25, 0.3) is 0 Å². The van der Waals surface area contributed by atoms with Gasteiger partial charge in [0.2, 0.25) is 0 Å². The van der Waals surface area contributed by atoms with Crippen LogP contribution < -0.4 is 5.32 Å². The smallest absolute Gasteiger partial charge is 0.165 e. The molecule has 0 spiro atoms. The molecular formula is C22H22ClN5. The number of hydrogen-bond donors (Lipinski definition) is 1. The van der Waals surface area contributed by atoms with Crippen LogP contribution in [0.2, 0.25) is 5.02 Å². The van der Waals surface area contributed by atoms with Crippen LogP contribution in [0.5, 0.6) is 0 Å². The molecule has 0 saturated carbocycles. The number of aryl methyl sites for hydroxylation is 2. The van der Waals surface area contributed by atoms with Crippen LogP contribution >= 0.6 is 11.6 Å². The van der Waals surface area contributed by atoms with E-state index in [0.29, 0.717) is 5.02 Å². The van der Waals surface area contributed by atoms with Crippen LogP contribution in [0.4, 0.5) is 0 Å². The maximum absolute atomic E-state index is 6.07. The molecule has 0 amide bonds. The lowest BCUT2D eigenvalue weighted by Crippen LogP contribution is -2.11. The van der Waals surface area contributed by atoms with Crippen molar-refractivity contribution in [1.29, 1.82) is 0 Å². The van der Waals surface area contributed by atoms with Crippen molar-refractivity contribution < 1.29 is 0 Å². The average molecular weight is 392 g/mol. The molecule has 0 aliphatic heterocycles. The first-order valence-electron chi connectivity index (χ1n) is 9.38. The van der Waals surface area contributed by atoms with Gasteiger partial charge in [0.15, 0.2) is 11.5 Å². The van der Waals surface area contributed by atoms with E-state index in [1.165, 1.54) is 5.56 Å². The zero-order valence-corrected chi connectivity index (χ0v) is 16.7. The van der Waals surface area contributed by atoms with Gasteiger partial charge in [0, 0.05) is 28.6 Å². The normalized spacial score (nSPS) is 11.2. The standard InChI is InChI=1S/C22H22ClN5/c1-15-5-7-16(8-6-15)19-14-21-25-20(4-3-13-24-2)26-22(28(21)27-19)17-9-11-18(23)12-10-17/h5-12,14,24H,3-4,13H2,1-2H3. The summed E-state index contributed by atoms with van der Waals surface area (Å²) in [5.41, 5.74) is 4.94. The number of rotatable bonds is 6. The van der Waals surface area contributed by atoms with Gasteiger partial charge in [0.05, 0.1) is 5.69 Å². The maximum atomic E-state index is 6.07. The van der Waals surface area contributed by atoms with E-state index in [2.05, 4.69) is 36.5 Å². The summed E-state index contributed by atoms with van der Waals surface area (Å²) in [4.78, 5) is 9.56. The van der Waals surface area contributed by atoms with Gasteiger partial charge < -0.3 is 5.32 Å². The molecule has 28 heavy (non-hydrogen) atoms. The number of benzene rings is 2. The maximum Gasteiger partial charge on any atom is 0.165 e. The van der Waals surface area contributed by atoms with Crippen molar-refractivity contribution in [1.82, 2.24) is 24.9 Å². The zero-order chi connectivity index (χ0) is 19.5. The van der Waals surface area contributed by atoms with Crippen molar-refractivity contribution in [3.05, 3.63) is 71.0 Å². The fraction of sp³-hybridized carbons (Fsp3) is 0.227. The molecule has 0 fully saturated rings. The first kappa shape index (κ1) is 18.6. The van der Waals surface area contributed by atoms with Crippen LogP contribution in [0.25, 0.3) is 28.3 Å². The van der Waals surface area contributed by atoms with Gasteiger partial charge in [-0.1, -0.05) is 41.4 Å². The lowest BCUT2D eigenvalue weighted by atomic mass is 10.1. The summed E-state index contributed by atoms with van der Waals surface area (Å²) in [6, 6.07) is 18.0. The highest BCUT2D eigenvalue weighted by Gasteiger charge is 2.14. The number of nitrogens with zero attached hydrogens (tertiary/aromatic N) is 4. The fourth-order valence-electron chi connectivity index (χ4n) is 3.12. The van der Waals surface area contributed by atoms with E-state index in [4.69, 9.17) is 26.7 Å². The highest BCUT2D eigenvalue weighted by atomic mass is 35.5. The summed E-state index contributed by atoms with van der Waals surface area (Å²) in [6.45, 7) is 3.01. The molecule has 0 aliphatic carbocycles. The van der Waals surface area contributed by atoms with Gasteiger partial charge in [-0.2, -0.15) is 9.61 Å². The molecule has 2 aromatic carbocycles. The lowest BCUT2D eigenvalue weighted by molar-refractivity contribution is 0.698. The minimum atomic E-state index is 0.698. The summed E-state index contributed by atoms with van der Waals surface area (Å²) >= 11 is 6.07. The van der Waals surface area contributed by atoms with E-state index in [-0.39, 0.29) is 0 Å². The van der Waals surface area contributed by atoms with Crippen LogP contribution in [-0.2, 0) is 6.42 Å². The first-order chi connectivity index (χ1) is 13.6. The van der Waals surface area contributed by atoms with E-state index in [1.807, 2.05) is 41.9 Å². The Morgan fingerprint density at radius 2 is 1.68 bits per heavy atom. The first-order valence-corrected chi connectivity index (χ1v) is 9.76. The van der Waals surface area contributed by atoms with Gasteiger partial charge >= 0.3 is 0 Å². The van der Waals surface area contributed by atoms with E-state index in [9.17, 15) is 0 Å². The third-order valence-corrected chi connectivity index (χ3v) is 4.90. The molecule has 0 bridgehead atoms. The van der Waals surface area contributed by atoms with Crippen molar-refractivity contribution in [2.75, 3.05) is 13.6 Å². The van der Waals surface area contributed by atoms with Crippen LogP contribution in [-0.4, -0.2) is 33.2 Å². The molecule has 0 aliphatic rings. The third-order valence-electron chi connectivity index (χ3n) is 4.65. The number of aromatic nitrogens is 4. The van der Waals surface area contributed by atoms with E-state index in [1.54, 1.807) is 0 Å². The van der Waals surface area contributed by atoms with E-state index < -0.39 is 0 Å². The molecule has 2 aromatic heterocycles. The highest BCUT2D eigenvalue weighted by Crippen LogP contribution is 2.25. The highest BCUT2D eigenvalue weighted by molar-refractivity contribution is 6.30. The Hall–Kier alpha value is -2.76. The number of fused-ring (bicyclic) bond motifs is 1. The quantitative estimate of drug-likeness (QED) is 0.489. The second-order valence-corrected chi connectivity index (χ2v) is 7.28. The minimum Gasteiger partial charge on any atom is -0.320 e. The average Bonchev–Trinajstić information content (AvgIpc) is 3.13. The van der Waals surface area contributed by atoms with Crippen LogP contribution in [0.15, 0.2) is 54.6 Å². The Kier molecular flexibility index (Phi) is 5.37. The molecular weight excluding hydrogens is 370 g/mol. The Labute approximate surface area is 169 Å². The van der Waals surface area contributed by atoms with Crippen LogP contribution in [0.1, 0.15) is 17.8 Å². The summed E-state index contributed by atoms with van der Waals surface area (Å²) < 4.78 is 1.82. The zero-order valence-electron chi connectivity index (χ0n) is 16.0. The molecule has 0 unspecified atom stereocenters. The Morgan fingerprint density at radius 1 is 0.964 bits per heavy atom. The van der Waals surface area contributed by atoms with Gasteiger partial charge in [-0.15, -0.1) is 0 Å². The molecule has 6 heteroatoms. The SMILES string of the molecule is CNCCCc1nc(-c2ccc(Cl)cc2)n2nc(-c3ccc(C)cc3)cc2n1. The predicted octanol–water partition coefficient (Wildman–Crippen LogP) is 4.57. The summed E-state index contributed by atoms with van der Waals surface area (Å²) in [5.74, 6) is 1.60. The Bertz CT molecular complexity index is 1080. The third kappa shape index (κ3) is 3.91. The summed E-state index contributed by atoms with van der Waals surface area (Å²) in [6.07, 6.45) is 1.79. The summed E-state index contributed by atoms with van der Waals surface area (Å²) in [7, 11) is 1.95. The topological polar surface area (TPSA) is 55.1 Å². The molecule has 1 N–H and O–H groups in total. The second kappa shape index (κ2) is 8.09. The van der Waals surface area contributed by atoms with Gasteiger partial charge in [0.1, 0.15) is 5.82 Å². The molecule has 2 heterocycles. The fourth-order valence-corrected chi connectivity index (χ4v) is 3.25. The monoisotopic (exact) mass is 391 g/mol. The molecule has 0 saturated heterocycles. The largest absolute Gasteiger partial charge is 0.320 e. The number of hydrogen-bond acceptors (Lipinski definition) is 4. The molecule has 0 atom stereocenters. The molecule has 4 aromatic rings. The minimum absolute atomic E-state index is 0.698. The van der Waals surface area contributed by atoms with Crippen molar-refractivity contribution in [2.45, 2.75) is 19.8 Å². The summed E-state index contributed by atoms with van der Waals surface area (Å²) in [5, 5.41) is 8.66. The van der Waals surface area contributed by atoms with Crippen molar-refractivity contribution >= 4 is 17.2 Å². The molecule has 5 nitrogen and oxygen atoms in total. The van der Waals surface area contributed by atoms with Gasteiger partial charge in [-0.3, -0.25) is 0 Å². The Balaban J connectivity index is 1.83. The van der Waals surface area contributed by atoms with Gasteiger partial charge in [-0.05, 0) is 51.2 Å².